The Labute approximate surface area is 103 Å². The first kappa shape index (κ1) is 12.7. The van der Waals surface area contributed by atoms with Crippen LogP contribution in [0.3, 0.4) is 0 Å². The summed E-state index contributed by atoms with van der Waals surface area (Å²) < 4.78 is 0. The Bertz CT molecular complexity index is 501. The first-order valence-electron chi connectivity index (χ1n) is 5.64. The van der Waals surface area contributed by atoms with Crippen molar-refractivity contribution in [2.75, 3.05) is 29.5 Å². The van der Waals surface area contributed by atoms with E-state index in [0.717, 1.165) is 0 Å². The fourth-order valence-corrected chi connectivity index (χ4v) is 2.11. The highest BCUT2D eigenvalue weighted by atomic mass is 16.3. The van der Waals surface area contributed by atoms with Gasteiger partial charge >= 0.3 is 0 Å². The normalized spacial score (nSPS) is 22.0. The third-order valence-electron chi connectivity index (χ3n) is 3.13. The van der Waals surface area contributed by atoms with Crippen LogP contribution in [0.4, 0.5) is 17.5 Å². The number of aliphatic hydroxyl groups is 2. The van der Waals surface area contributed by atoms with Crippen LogP contribution < -0.4 is 21.5 Å². The van der Waals surface area contributed by atoms with E-state index in [1.807, 2.05) is 0 Å². The molecule has 1 aromatic heterocycles. The summed E-state index contributed by atoms with van der Waals surface area (Å²) in [6.07, 6.45) is -1.85. The van der Waals surface area contributed by atoms with Crippen molar-refractivity contribution < 1.29 is 10.2 Å². The van der Waals surface area contributed by atoms with Gasteiger partial charge in [0.05, 0.1) is 12.1 Å². The highest BCUT2D eigenvalue weighted by Gasteiger charge is 2.33. The Balaban J connectivity index is 2.39. The number of aromatic amines is 1. The number of aromatic nitrogens is 2. The largest absolute Gasteiger partial charge is 0.391 e. The molecule has 8 heteroatoms. The third-order valence-corrected chi connectivity index (χ3v) is 3.13. The van der Waals surface area contributed by atoms with Gasteiger partial charge in [-0.2, -0.15) is 4.98 Å². The summed E-state index contributed by atoms with van der Waals surface area (Å²) in [5.41, 5.74) is 5.38. The summed E-state index contributed by atoms with van der Waals surface area (Å²) in [6, 6.07) is -0.413. The second-order valence-electron chi connectivity index (χ2n) is 4.44. The summed E-state index contributed by atoms with van der Waals surface area (Å²) >= 11 is 0. The van der Waals surface area contributed by atoms with Crippen molar-refractivity contribution in [3.8, 4) is 0 Å². The van der Waals surface area contributed by atoms with Crippen LogP contribution in [0.5, 0.6) is 0 Å². The highest BCUT2D eigenvalue weighted by Crippen LogP contribution is 2.26. The molecule has 0 saturated carbocycles. The van der Waals surface area contributed by atoms with Gasteiger partial charge in [0.25, 0.3) is 5.56 Å². The van der Waals surface area contributed by atoms with Crippen molar-refractivity contribution in [3.05, 3.63) is 10.4 Å². The lowest BCUT2D eigenvalue weighted by Crippen LogP contribution is -2.54. The molecule has 2 rings (SSSR count). The molecule has 0 saturated heterocycles. The summed E-state index contributed by atoms with van der Waals surface area (Å²) in [5, 5.41) is 22.3. The number of H-pyrrole nitrogens is 1. The molecule has 0 bridgehead atoms. The number of rotatable bonds is 2. The average molecular weight is 255 g/mol. The van der Waals surface area contributed by atoms with Crippen LogP contribution in [-0.2, 0) is 0 Å². The number of aliphatic hydroxyl groups excluding tert-OH is 2. The molecule has 0 fully saturated rings. The maximum Gasteiger partial charge on any atom is 0.278 e. The minimum absolute atomic E-state index is 0.0363. The van der Waals surface area contributed by atoms with E-state index in [4.69, 9.17) is 5.73 Å². The quantitative estimate of drug-likeness (QED) is 0.427. The van der Waals surface area contributed by atoms with Crippen molar-refractivity contribution >= 4 is 17.5 Å². The molecule has 0 unspecified atom stereocenters. The van der Waals surface area contributed by atoms with Crippen LogP contribution in [0, 0.1) is 0 Å². The Morgan fingerprint density at radius 2 is 2.22 bits per heavy atom. The molecule has 0 aliphatic carbocycles. The maximum absolute atomic E-state index is 11.8. The van der Waals surface area contributed by atoms with E-state index < -0.39 is 18.2 Å². The fourth-order valence-electron chi connectivity index (χ4n) is 2.11. The van der Waals surface area contributed by atoms with E-state index >= 15 is 0 Å². The number of hydrogen-bond acceptors (Lipinski definition) is 7. The van der Waals surface area contributed by atoms with Crippen LogP contribution in [0.15, 0.2) is 4.79 Å². The molecule has 2 heterocycles. The van der Waals surface area contributed by atoms with Crippen molar-refractivity contribution in [2.24, 2.45) is 0 Å². The van der Waals surface area contributed by atoms with Crippen molar-refractivity contribution in [1.29, 1.82) is 0 Å². The van der Waals surface area contributed by atoms with Gasteiger partial charge in [-0.3, -0.25) is 9.78 Å². The zero-order valence-electron chi connectivity index (χ0n) is 10.2. The molecule has 0 aromatic carbocycles. The van der Waals surface area contributed by atoms with Gasteiger partial charge in [-0.15, -0.1) is 0 Å². The Hall–Kier alpha value is -1.80. The Morgan fingerprint density at radius 1 is 1.56 bits per heavy atom. The van der Waals surface area contributed by atoms with Crippen LogP contribution in [-0.4, -0.2) is 52.0 Å². The molecule has 1 aromatic rings. The number of hydrogen-bond donors (Lipinski definition) is 5. The predicted octanol–water partition coefficient (Wildman–Crippen LogP) is -1.68. The minimum atomic E-state index is -0.965. The first-order chi connectivity index (χ1) is 8.41. The molecule has 3 atom stereocenters. The van der Waals surface area contributed by atoms with E-state index in [-0.39, 0.29) is 11.5 Å². The number of nitrogens with zero attached hydrogens (tertiary/aromatic N) is 2. The van der Waals surface area contributed by atoms with Crippen LogP contribution in [0.25, 0.3) is 0 Å². The van der Waals surface area contributed by atoms with Gasteiger partial charge in [-0.1, -0.05) is 0 Å². The Morgan fingerprint density at radius 3 is 2.83 bits per heavy atom. The molecule has 0 amide bonds. The van der Waals surface area contributed by atoms with Crippen molar-refractivity contribution in [1.82, 2.24) is 9.97 Å². The zero-order valence-corrected chi connectivity index (χ0v) is 10.2. The van der Waals surface area contributed by atoms with Crippen molar-refractivity contribution in [2.45, 2.75) is 25.2 Å². The topological polar surface area (TPSA) is 127 Å². The molecule has 8 nitrogen and oxygen atoms in total. The van der Waals surface area contributed by atoms with Gasteiger partial charge in [-0.25, -0.2) is 0 Å². The zero-order chi connectivity index (χ0) is 13.4. The van der Waals surface area contributed by atoms with Gasteiger partial charge < -0.3 is 26.2 Å². The summed E-state index contributed by atoms with van der Waals surface area (Å²) in [6.45, 7) is 1.87. The fraction of sp³-hybridized carbons (Fsp3) is 0.600. The molecule has 1 aliphatic rings. The molecule has 6 N–H and O–H groups in total. The lowest BCUT2D eigenvalue weighted by atomic mass is 10.0. The second kappa shape index (κ2) is 4.46. The Kier molecular flexibility index (Phi) is 3.14. The van der Waals surface area contributed by atoms with E-state index in [0.29, 0.717) is 18.1 Å². The number of nitrogens with one attached hydrogen (secondary N) is 2. The van der Waals surface area contributed by atoms with Crippen molar-refractivity contribution in [3.63, 3.8) is 0 Å². The summed E-state index contributed by atoms with van der Waals surface area (Å²) in [7, 11) is 1.67. The van der Waals surface area contributed by atoms with Gasteiger partial charge in [0.1, 0.15) is 11.8 Å². The lowest BCUT2D eigenvalue weighted by molar-refractivity contribution is 0.0162. The molecular formula is C10H17N5O3. The standard InChI is InChI=1S/C10H17N5O3/c1-4(16)7(17)5-3-12-8-6(15(5)2)9(18)14-10(11)13-8/h4-5,7,16-17H,3H2,1-2H3,(H4,11,12,13,14,18)/t4-,5+,7-/m0/s1. The number of likely N-dealkylation sites (N-methyl/N-ethyl adjacent to an activating group) is 1. The molecule has 100 valence electrons. The van der Waals surface area contributed by atoms with Gasteiger partial charge in [0, 0.05) is 13.6 Å². The minimum Gasteiger partial charge on any atom is -0.391 e. The molecule has 0 spiro atoms. The van der Waals surface area contributed by atoms with E-state index in [1.165, 1.54) is 6.92 Å². The van der Waals surface area contributed by atoms with Crippen LogP contribution in [0.2, 0.25) is 0 Å². The van der Waals surface area contributed by atoms with Gasteiger partial charge in [0.15, 0.2) is 5.82 Å². The highest BCUT2D eigenvalue weighted by molar-refractivity contribution is 5.68. The summed E-state index contributed by atoms with van der Waals surface area (Å²) in [5.74, 6) is 0.418. The molecule has 18 heavy (non-hydrogen) atoms. The third kappa shape index (κ3) is 2.00. The molecule has 1 aliphatic heterocycles. The number of nitrogen functional groups attached to an aromatic ring is 1. The van der Waals surface area contributed by atoms with E-state index in [9.17, 15) is 15.0 Å². The summed E-state index contributed by atoms with van der Waals surface area (Å²) in [4.78, 5) is 19.8. The monoisotopic (exact) mass is 255 g/mol. The van der Waals surface area contributed by atoms with Crippen LogP contribution in [0.1, 0.15) is 6.92 Å². The van der Waals surface area contributed by atoms with E-state index in [1.54, 1.807) is 11.9 Å². The SMILES string of the molecule is C[C@H](O)[C@H](O)[C@H]1CNc2nc(N)[nH]c(=O)c2N1C. The van der Waals surface area contributed by atoms with Gasteiger partial charge in [0.2, 0.25) is 5.95 Å². The smallest absolute Gasteiger partial charge is 0.278 e. The number of anilines is 3. The van der Waals surface area contributed by atoms with E-state index in [2.05, 4.69) is 15.3 Å². The lowest BCUT2D eigenvalue weighted by Gasteiger charge is -2.38. The average Bonchev–Trinajstić information content (AvgIpc) is 2.27. The molecular weight excluding hydrogens is 238 g/mol. The number of fused-ring (bicyclic) bond motifs is 1. The molecule has 0 radical (unpaired) electrons. The first-order valence-corrected chi connectivity index (χ1v) is 5.64. The second-order valence-corrected chi connectivity index (χ2v) is 4.44. The van der Waals surface area contributed by atoms with Gasteiger partial charge in [-0.05, 0) is 6.92 Å². The predicted molar refractivity (Wildman–Crippen MR) is 67.6 cm³/mol. The maximum atomic E-state index is 11.8. The number of nitrogens with two attached hydrogens (primary N) is 1. The van der Waals surface area contributed by atoms with Crippen LogP contribution >= 0.6 is 0 Å².